The zero-order valence-corrected chi connectivity index (χ0v) is 29.0. The van der Waals surface area contributed by atoms with Crippen molar-refractivity contribution in [3.8, 4) is 0 Å². The molecule has 0 unspecified atom stereocenters. The van der Waals surface area contributed by atoms with Crippen LogP contribution in [-0.2, 0) is 4.89 Å². The van der Waals surface area contributed by atoms with Gasteiger partial charge in [0.05, 0.1) is 6.61 Å². The lowest BCUT2D eigenvalue weighted by atomic mass is 9.77. The van der Waals surface area contributed by atoms with Crippen LogP contribution in [0.2, 0.25) is 0 Å². The summed E-state index contributed by atoms with van der Waals surface area (Å²) in [5, 5.41) is 30.6. The predicted octanol–water partition coefficient (Wildman–Crippen LogP) is 5.88. The number of aliphatic hydroxyl groups is 2. The van der Waals surface area contributed by atoms with Gasteiger partial charge in [0.15, 0.2) is 0 Å². The fourth-order valence-electron chi connectivity index (χ4n) is 6.84. The van der Waals surface area contributed by atoms with E-state index in [0.717, 1.165) is 108 Å². The standard InChI is InChI=1S/C15H21NO3.C15H21NO2.C8H17NO/c1-2-15(12-19-18)8-10-16(11-9-15)14(17)13-6-4-3-5-7-13;1-2-15(12-17)8-10-16(11-9-15)14(18)13-6-4-3-5-7-13;1-2-8(7-10)3-5-9-6-4-8/h3-7,18H,2,8-12H2,1H3;3-7,17H,2,8-12H2,1H3;9-10H,2-7H2,1H3. The van der Waals surface area contributed by atoms with Gasteiger partial charge < -0.3 is 25.3 Å². The van der Waals surface area contributed by atoms with Crippen molar-refractivity contribution in [3.63, 3.8) is 0 Å². The third kappa shape index (κ3) is 10.8. The molecule has 9 nitrogen and oxygen atoms in total. The fraction of sp³-hybridized carbons (Fsp3) is 0.632. The first-order valence-corrected chi connectivity index (χ1v) is 17.6. The van der Waals surface area contributed by atoms with Crippen LogP contribution >= 0.6 is 0 Å². The molecule has 0 radical (unpaired) electrons. The number of carbonyl (C=O) groups excluding carboxylic acids is 2. The second-order valence-corrected chi connectivity index (χ2v) is 13.7. The van der Waals surface area contributed by atoms with Crippen molar-refractivity contribution < 1.29 is 29.9 Å². The maximum atomic E-state index is 12.3. The van der Waals surface area contributed by atoms with Gasteiger partial charge in [0, 0.05) is 50.5 Å². The highest BCUT2D eigenvalue weighted by molar-refractivity contribution is 5.94. The highest BCUT2D eigenvalue weighted by Gasteiger charge is 2.36. The summed E-state index contributed by atoms with van der Waals surface area (Å²) >= 11 is 0. The molecule has 2 aromatic carbocycles. The van der Waals surface area contributed by atoms with Gasteiger partial charge in [-0.2, -0.15) is 0 Å². The third-order valence-corrected chi connectivity index (χ3v) is 11.2. The molecule has 0 saturated carbocycles. The van der Waals surface area contributed by atoms with Crippen molar-refractivity contribution >= 4 is 11.8 Å². The molecule has 47 heavy (non-hydrogen) atoms. The quantitative estimate of drug-likeness (QED) is 0.197. The topological polar surface area (TPSA) is 123 Å². The summed E-state index contributed by atoms with van der Waals surface area (Å²) in [6.07, 6.45) is 8.89. The summed E-state index contributed by atoms with van der Waals surface area (Å²) in [6.45, 7) is 12.5. The van der Waals surface area contributed by atoms with E-state index in [9.17, 15) is 14.7 Å². The molecule has 0 spiro atoms. The summed E-state index contributed by atoms with van der Waals surface area (Å²) in [4.78, 5) is 32.7. The lowest BCUT2D eigenvalue weighted by molar-refractivity contribution is -0.266. The molecule has 0 aliphatic carbocycles. The summed E-state index contributed by atoms with van der Waals surface area (Å²) in [5.41, 5.74) is 1.80. The second-order valence-electron chi connectivity index (χ2n) is 13.7. The van der Waals surface area contributed by atoms with Crippen molar-refractivity contribution in [2.75, 3.05) is 59.1 Å². The van der Waals surface area contributed by atoms with Crippen molar-refractivity contribution in [3.05, 3.63) is 71.8 Å². The first-order chi connectivity index (χ1) is 22.7. The van der Waals surface area contributed by atoms with Crippen LogP contribution in [0.3, 0.4) is 0 Å². The third-order valence-electron chi connectivity index (χ3n) is 11.2. The van der Waals surface area contributed by atoms with Crippen LogP contribution in [0.25, 0.3) is 0 Å². The first-order valence-electron chi connectivity index (χ1n) is 17.6. The van der Waals surface area contributed by atoms with Gasteiger partial charge in [-0.3, -0.25) is 14.8 Å². The van der Waals surface area contributed by atoms with Gasteiger partial charge in [-0.1, -0.05) is 57.2 Å². The molecule has 0 atom stereocenters. The van der Waals surface area contributed by atoms with Crippen LogP contribution in [0.1, 0.15) is 99.3 Å². The number of likely N-dealkylation sites (tertiary alicyclic amines) is 2. The number of aliphatic hydroxyl groups excluding tert-OH is 2. The molecule has 3 saturated heterocycles. The van der Waals surface area contributed by atoms with Crippen LogP contribution in [0, 0.1) is 16.2 Å². The zero-order valence-electron chi connectivity index (χ0n) is 29.0. The van der Waals surface area contributed by atoms with Crippen molar-refractivity contribution in [1.29, 1.82) is 0 Å². The number of benzene rings is 2. The molecule has 262 valence electrons. The van der Waals surface area contributed by atoms with Crippen LogP contribution in [-0.4, -0.2) is 96.2 Å². The molecule has 3 heterocycles. The number of nitrogens with one attached hydrogen (secondary N) is 1. The van der Waals surface area contributed by atoms with Gasteiger partial charge in [0.25, 0.3) is 11.8 Å². The number of hydrogen-bond donors (Lipinski definition) is 4. The molecule has 2 amide bonds. The minimum Gasteiger partial charge on any atom is -0.396 e. The smallest absolute Gasteiger partial charge is 0.253 e. The molecular formula is C38H59N3O6. The molecule has 3 aliphatic rings. The van der Waals surface area contributed by atoms with E-state index in [2.05, 4.69) is 31.0 Å². The summed E-state index contributed by atoms with van der Waals surface area (Å²) in [6, 6.07) is 18.8. The van der Waals surface area contributed by atoms with E-state index < -0.39 is 0 Å². The van der Waals surface area contributed by atoms with Crippen LogP contribution in [0.4, 0.5) is 0 Å². The van der Waals surface area contributed by atoms with Crippen LogP contribution < -0.4 is 5.32 Å². The predicted molar refractivity (Wildman–Crippen MR) is 186 cm³/mol. The molecule has 2 aromatic rings. The van der Waals surface area contributed by atoms with Gasteiger partial charge >= 0.3 is 0 Å². The summed E-state index contributed by atoms with van der Waals surface area (Å²) in [5.74, 6) is 0.202. The number of carbonyl (C=O) groups is 2. The SMILES string of the molecule is CCC1(CO)CCN(C(=O)c2ccccc2)CC1.CCC1(CO)CCNCC1.CCC1(COO)CCN(C(=O)c2ccccc2)CC1. The van der Waals surface area contributed by atoms with E-state index in [0.29, 0.717) is 13.2 Å². The largest absolute Gasteiger partial charge is 0.396 e. The van der Waals surface area contributed by atoms with Crippen LogP contribution in [0.5, 0.6) is 0 Å². The minimum atomic E-state index is 0.0161. The zero-order chi connectivity index (χ0) is 34.2. The molecule has 0 aromatic heterocycles. The van der Waals surface area contributed by atoms with Gasteiger partial charge in [-0.25, -0.2) is 4.89 Å². The van der Waals surface area contributed by atoms with E-state index >= 15 is 0 Å². The Morgan fingerprint density at radius 3 is 1.32 bits per heavy atom. The average molecular weight is 654 g/mol. The molecular weight excluding hydrogens is 594 g/mol. The second kappa shape index (κ2) is 19.2. The number of nitrogens with zero attached hydrogens (tertiary/aromatic N) is 2. The lowest BCUT2D eigenvalue weighted by Crippen LogP contribution is -2.44. The Hall–Kier alpha value is -2.82. The molecule has 9 heteroatoms. The Bertz CT molecular complexity index is 1160. The fourth-order valence-corrected chi connectivity index (χ4v) is 6.84. The highest BCUT2D eigenvalue weighted by Crippen LogP contribution is 2.36. The van der Waals surface area contributed by atoms with Crippen molar-refractivity contribution in [1.82, 2.24) is 15.1 Å². The maximum absolute atomic E-state index is 12.3. The highest BCUT2D eigenvalue weighted by atomic mass is 17.1. The first kappa shape index (κ1) is 38.6. The van der Waals surface area contributed by atoms with Gasteiger partial charge in [-0.15, -0.1) is 0 Å². The summed E-state index contributed by atoms with van der Waals surface area (Å²) < 4.78 is 0. The maximum Gasteiger partial charge on any atom is 0.253 e. The van der Waals surface area contributed by atoms with E-state index in [1.807, 2.05) is 70.5 Å². The molecule has 5 rings (SSSR count). The van der Waals surface area contributed by atoms with Crippen molar-refractivity contribution in [2.45, 2.75) is 78.6 Å². The molecule has 3 aliphatic heterocycles. The molecule has 4 N–H and O–H groups in total. The van der Waals surface area contributed by atoms with Crippen molar-refractivity contribution in [2.24, 2.45) is 16.2 Å². The molecule has 0 bridgehead atoms. The van der Waals surface area contributed by atoms with Gasteiger partial charge in [0.2, 0.25) is 0 Å². The molecule has 3 fully saturated rings. The normalized spacial score (nSPS) is 19.8. The van der Waals surface area contributed by atoms with Gasteiger partial charge in [-0.05, 0) is 111 Å². The number of hydrogen-bond acceptors (Lipinski definition) is 7. The van der Waals surface area contributed by atoms with Gasteiger partial charge in [0.1, 0.15) is 0 Å². The average Bonchev–Trinajstić information content (AvgIpc) is 3.16. The van der Waals surface area contributed by atoms with E-state index in [-0.39, 0.29) is 34.7 Å². The Labute approximate surface area is 282 Å². The monoisotopic (exact) mass is 653 g/mol. The number of amides is 2. The summed E-state index contributed by atoms with van der Waals surface area (Å²) in [7, 11) is 0. The Morgan fingerprint density at radius 1 is 0.638 bits per heavy atom. The van der Waals surface area contributed by atoms with E-state index in [1.54, 1.807) is 0 Å². The number of rotatable bonds is 9. The Kier molecular flexibility index (Phi) is 15.8. The minimum absolute atomic E-state index is 0.0161. The Balaban J connectivity index is 0.000000201. The number of piperidine rings is 3. The lowest BCUT2D eigenvalue weighted by Gasteiger charge is -2.40. The van der Waals surface area contributed by atoms with Crippen LogP contribution in [0.15, 0.2) is 60.7 Å². The van der Waals surface area contributed by atoms with E-state index in [4.69, 9.17) is 10.4 Å². The Morgan fingerprint density at radius 2 is 1.00 bits per heavy atom. The van der Waals surface area contributed by atoms with E-state index in [1.165, 1.54) is 0 Å².